The first kappa shape index (κ1) is 30.3. The average molecular weight is 551 g/mol. The largest absolute Gasteiger partial charge is 0.469 e. The second-order valence-electron chi connectivity index (χ2n) is 10.4. The molecule has 11 heteroatoms. The van der Waals surface area contributed by atoms with Crippen LogP contribution >= 0.6 is 0 Å². The predicted molar refractivity (Wildman–Crippen MR) is 150 cm³/mol. The lowest BCUT2D eigenvalue weighted by atomic mass is 9.98. The molecule has 2 aromatic carbocycles. The molecule has 0 fully saturated rings. The van der Waals surface area contributed by atoms with Crippen molar-refractivity contribution in [1.29, 1.82) is 0 Å². The molecule has 0 saturated heterocycles. The van der Waals surface area contributed by atoms with Crippen LogP contribution in [0.5, 0.6) is 0 Å². The third kappa shape index (κ3) is 8.89. The first-order valence-corrected chi connectivity index (χ1v) is 13.4. The van der Waals surface area contributed by atoms with Crippen molar-refractivity contribution < 1.29 is 23.9 Å². The Kier molecular flexibility index (Phi) is 10.7. The van der Waals surface area contributed by atoms with E-state index in [1.165, 1.54) is 7.11 Å². The molecule has 2 N–H and O–H groups in total. The number of aromatic nitrogens is 4. The van der Waals surface area contributed by atoms with Crippen molar-refractivity contribution in [3.8, 4) is 22.5 Å². The lowest BCUT2D eigenvalue weighted by Gasteiger charge is -2.29. The van der Waals surface area contributed by atoms with Crippen LogP contribution in [0.25, 0.3) is 22.5 Å². The Morgan fingerprint density at radius 1 is 1.02 bits per heavy atom. The first-order chi connectivity index (χ1) is 19.1. The van der Waals surface area contributed by atoms with Crippen molar-refractivity contribution in [2.75, 3.05) is 13.7 Å². The third-order valence-corrected chi connectivity index (χ3v) is 6.10. The van der Waals surface area contributed by atoms with Crippen LogP contribution < -0.4 is 5.32 Å². The van der Waals surface area contributed by atoms with Gasteiger partial charge in [-0.15, -0.1) is 5.10 Å². The zero-order valence-corrected chi connectivity index (χ0v) is 23.8. The molecule has 0 unspecified atom stereocenters. The van der Waals surface area contributed by atoms with Gasteiger partial charge < -0.3 is 19.7 Å². The topological polar surface area (TPSA) is 139 Å². The monoisotopic (exact) mass is 550 g/mol. The summed E-state index contributed by atoms with van der Waals surface area (Å²) in [6.45, 7) is 8.05. The van der Waals surface area contributed by atoms with Gasteiger partial charge in [0.15, 0.2) is 5.82 Å². The maximum Gasteiger partial charge on any atom is 0.408 e. The molecule has 3 rings (SSSR count). The molecule has 1 heterocycles. The minimum Gasteiger partial charge on any atom is -0.469 e. The van der Waals surface area contributed by atoms with Gasteiger partial charge in [-0.1, -0.05) is 68.3 Å². The zero-order chi connectivity index (χ0) is 29.1. The van der Waals surface area contributed by atoms with Crippen LogP contribution in [0.15, 0.2) is 48.5 Å². The molecule has 1 atom stereocenters. The molecule has 0 saturated carbocycles. The highest BCUT2D eigenvalue weighted by molar-refractivity contribution is 5.89. The van der Waals surface area contributed by atoms with E-state index in [1.54, 1.807) is 25.7 Å². The molecular weight excluding hydrogens is 512 g/mol. The number of rotatable bonds is 12. The number of alkyl carbamates (subject to hydrolysis) is 1. The molecule has 3 aromatic rings. The van der Waals surface area contributed by atoms with E-state index in [9.17, 15) is 14.4 Å². The summed E-state index contributed by atoms with van der Waals surface area (Å²) in [6, 6.07) is 14.6. The maximum absolute atomic E-state index is 13.7. The van der Waals surface area contributed by atoms with E-state index >= 15 is 0 Å². The fourth-order valence-electron chi connectivity index (χ4n) is 4.16. The van der Waals surface area contributed by atoms with Gasteiger partial charge in [-0.05, 0) is 54.3 Å². The van der Waals surface area contributed by atoms with Crippen molar-refractivity contribution in [1.82, 2.24) is 30.8 Å². The van der Waals surface area contributed by atoms with Crippen LogP contribution in [-0.4, -0.2) is 68.8 Å². The number of amides is 2. The Hall–Kier alpha value is -4.28. The summed E-state index contributed by atoms with van der Waals surface area (Å²) in [7, 11) is 1.25. The number of hydrogen-bond acceptors (Lipinski definition) is 8. The molecule has 40 heavy (non-hydrogen) atoms. The van der Waals surface area contributed by atoms with Gasteiger partial charge in [-0.3, -0.25) is 9.59 Å². The van der Waals surface area contributed by atoms with Gasteiger partial charge in [0.05, 0.1) is 13.5 Å². The number of nitrogens with zero attached hydrogens (tertiary/aromatic N) is 4. The summed E-state index contributed by atoms with van der Waals surface area (Å²) in [5.41, 5.74) is 2.95. The zero-order valence-electron chi connectivity index (χ0n) is 23.8. The van der Waals surface area contributed by atoms with Gasteiger partial charge in [0.1, 0.15) is 11.6 Å². The third-order valence-electron chi connectivity index (χ3n) is 6.10. The van der Waals surface area contributed by atoms with E-state index in [-0.39, 0.29) is 12.3 Å². The number of unbranched alkanes of at least 4 members (excludes halogenated alkanes) is 2. The fraction of sp³-hybridized carbons (Fsp3) is 0.448. The number of nitrogens with one attached hydrogen (secondary N) is 2. The fourth-order valence-corrected chi connectivity index (χ4v) is 4.16. The first-order valence-electron chi connectivity index (χ1n) is 13.4. The Bertz CT molecular complexity index is 1250. The molecule has 214 valence electrons. The van der Waals surface area contributed by atoms with Gasteiger partial charge in [-0.2, -0.15) is 0 Å². The van der Waals surface area contributed by atoms with Crippen molar-refractivity contribution in [2.24, 2.45) is 0 Å². The Morgan fingerprint density at radius 2 is 1.73 bits per heavy atom. The van der Waals surface area contributed by atoms with Gasteiger partial charge in [-0.25, -0.2) is 9.89 Å². The van der Waals surface area contributed by atoms with Gasteiger partial charge in [0, 0.05) is 18.7 Å². The highest BCUT2D eigenvalue weighted by Gasteiger charge is 2.30. The summed E-state index contributed by atoms with van der Waals surface area (Å²) in [4.78, 5) is 40.0. The van der Waals surface area contributed by atoms with Crippen LogP contribution in [0.1, 0.15) is 58.9 Å². The SMILES string of the molecule is CCCCCN(Cc1ccc(-c2ccccc2-c2nnn[nH]2)cc1)C(=O)[C@H](CC(=O)OC)NC(=O)OC(C)(C)C. The van der Waals surface area contributed by atoms with E-state index in [4.69, 9.17) is 9.47 Å². The number of benzene rings is 2. The number of ether oxygens (including phenoxy) is 2. The summed E-state index contributed by atoms with van der Waals surface area (Å²) >= 11 is 0. The van der Waals surface area contributed by atoms with E-state index in [0.29, 0.717) is 18.9 Å². The number of H-pyrrole nitrogens is 1. The number of esters is 1. The maximum atomic E-state index is 13.7. The van der Waals surface area contributed by atoms with Crippen molar-refractivity contribution >= 4 is 18.0 Å². The minimum absolute atomic E-state index is 0.301. The van der Waals surface area contributed by atoms with Crippen molar-refractivity contribution in [3.63, 3.8) is 0 Å². The molecule has 2 amide bonds. The van der Waals surface area contributed by atoms with Crippen molar-refractivity contribution in [3.05, 3.63) is 54.1 Å². The van der Waals surface area contributed by atoms with Crippen LogP contribution in [-0.2, 0) is 25.6 Å². The molecule has 0 radical (unpaired) electrons. The molecule has 0 bridgehead atoms. The lowest BCUT2D eigenvalue weighted by Crippen LogP contribution is -2.50. The predicted octanol–water partition coefficient (Wildman–Crippen LogP) is 4.51. The average Bonchev–Trinajstić information content (AvgIpc) is 3.46. The number of methoxy groups -OCH3 is 1. The molecule has 11 nitrogen and oxygen atoms in total. The Balaban J connectivity index is 1.82. The minimum atomic E-state index is -1.12. The summed E-state index contributed by atoms with van der Waals surface area (Å²) in [5.74, 6) is -0.408. The number of tetrazole rings is 1. The van der Waals surface area contributed by atoms with E-state index in [0.717, 1.165) is 41.5 Å². The lowest BCUT2D eigenvalue weighted by molar-refractivity contribution is -0.145. The summed E-state index contributed by atoms with van der Waals surface area (Å²) < 4.78 is 10.1. The second kappa shape index (κ2) is 14.2. The van der Waals surface area contributed by atoms with Crippen LogP contribution in [0, 0.1) is 0 Å². The molecular formula is C29H38N6O5. The standard InChI is InChI=1S/C29H38N6O5/c1-6-7-10-17-35(27(37)24(18-25(36)39-5)30-28(38)40-29(2,3)4)19-20-13-15-21(16-14-20)22-11-8-9-12-23(22)26-31-33-34-32-26/h8-9,11-16,24H,6-7,10,17-19H2,1-5H3,(H,30,38)(H,31,32,33,34)/t24-/m0/s1. The molecule has 0 aliphatic heterocycles. The van der Waals surface area contributed by atoms with Crippen LogP contribution in [0.4, 0.5) is 4.79 Å². The van der Waals surface area contributed by atoms with Gasteiger partial charge in [0.25, 0.3) is 0 Å². The number of aromatic amines is 1. The molecule has 1 aromatic heterocycles. The smallest absolute Gasteiger partial charge is 0.408 e. The highest BCUT2D eigenvalue weighted by Crippen LogP contribution is 2.30. The number of carbonyl (C=O) groups is 3. The van der Waals surface area contributed by atoms with Gasteiger partial charge in [0.2, 0.25) is 5.91 Å². The molecule has 0 spiro atoms. The Morgan fingerprint density at radius 3 is 2.33 bits per heavy atom. The number of hydrogen-bond donors (Lipinski definition) is 2. The normalized spacial score (nSPS) is 11.9. The van der Waals surface area contributed by atoms with E-state index in [1.807, 2.05) is 48.5 Å². The summed E-state index contributed by atoms with van der Waals surface area (Å²) in [5, 5.41) is 16.8. The highest BCUT2D eigenvalue weighted by atomic mass is 16.6. The van der Waals surface area contributed by atoms with Crippen LogP contribution in [0.3, 0.4) is 0 Å². The van der Waals surface area contributed by atoms with Gasteiger partial charge >= 0.3 is 12.1 Å². The van der Waals surface area contributed by atoms with E-state index in [2.05, 4.69) is 32.9 Å². The Labute approximate surface area is 234 Å². The summed E-state index contributed by atoms with van der Waals surface area (Å²) in [6.07, 6.45) is 1.64. The second-order valence-corrected chi connectivity index (χ2v) is 10.4. The van der Waals surface area contributed by atoms with E-state index < -0.39 is 23.7 Å². The number of carbonyl (C=O) groups excluding carboxylic acids is 3. The van der Waals surface area contributed by atoms with Crippen LogP contribution in [0.2, 0.25) is 0 Å². The quantitative estimate of drug-likeness (QED) is 0.248. The van der Waals surface area contributed by atoms with Crippen molar-refractivity contribution in [2.45, 2.75) is 71.6 Å². The molecule has 0 aliphatic carbocycles. The molecule has 0 aliphatic rings.